The lowest BCUT2D eigenvalue weighted by atomic mass is 9.83. The van der Waals surface area contributed by atoms with Crippen molar-refractivity contribution in [2.24, 2.45) is 11.5 Å². The summed E-state index contributed by atoms with van der Waals surface area (Å²) < 4.78 is 11.5. The summed E-state index contributed by atoms with van der Waals surface area (Å²) in [6.07, 6.45) is -7.10. The predicted molar refractivity (Wildman–Crippen MR) is 98.7 cm³/mol. The molecule has 2 fully saturated rings. The first kappa shape index (κ1) is 22.9. The van der Waals surface area contributed by atoms with Crippen LogP contribution >= 0.6 is 0 Å². The molecule has 2 rings (SSSR count). The van der Waals surface area contributed by atoms with Crippen LogP contribution in [0.5, 0.6) is 0 Å². The molecule has 0 aromatic heterocycles. The van der Waals surface area contributed by atoms with E-state index in [1.807, 2.05) is 20.8 Å². The van der Waals surface area contributed by atoms with Crippen molar-refractivity contribution in [3.63, 3.8) is 0 Å². The Labute approximate surface area is 160 Å². The molecule has 10 heteroatoms. The van der Waals surface area contributed by atoms with E-state index in [9.17, 15) is 20.4 Å². The molecule has 2 aliphatic rings. The lowest BCUT2D eigenvalue weighted by molar-refractivity contribution is -0.289. The molecule has 10 nitrogen and oxygen atoms in total. The van der Waals surface area contributed by atoms with Crippen molar-refractivity contribution < 1.29 is 29.9 Å². The van der Waals surface area contributed by atoms with Gasteiger partial charge in [0.2, 0.25) is 0 Å². The van der Waals surface area contributed by atoms with E-state index in [-0.39, 0.29) is 18.1 Å². The van der Waals surface area contributed by atoms with E-state index in [1.54, 1.807) is 7.05 Å². The Morgan fingerprint density at radius 2 is 1.67 bits per heavy atom. The summed E-state index contributed by atoms with van der Waals surface area (Å²) in [5.41, 5.74) is 11.9. The van der Waals surface area contributed by atoms with Crippen molar-refractivity contribution in [2.75, 3.05) is 13.6 Å². The van der Waals surface area contributed by atoms with E-state index in [0.717, 1.165) is 0 Å². The Balaban J connectivity index is 2.07. The van der Waals surface area contributed by atoms with E-state index in [2.05, 4.69) is 10.6 Å². The molecule has 1 aliphatic heterocycles. The third kappa shape index (κ3) is 5.36. The van der Waals surface area contributed by atoms with Crippen molar-refractivity contribution in [2.45, 2.75) is 93.8 Å². The van der Waals surface area contributed by atoms with Crippen molar-refractivity contribution in [1.29, 1.82) is 0 Å². The minimum Gasteiger partial charge on any atom is -0.389 e. The van der Waals surface area contributed by atoms with Gasteiger partial charge in [0.15, 0.2) is 6.29 Å². The minimum atomic E-state index is -1.25. The van der Waals surface area contributed by atoms with Gasteiger partial charge in [0.25, 0.3) is 0 Å². The molecule has 0 aromatic rings. The Kier molecular flexibility index (Phi) is 7.59. The fraction of sp³-hybridized carbons (Fsp3) is 1.00. The van der Waals surface area contributed by atoms with Crippen LogP contribution < -0.4 is 22.1 Å². The van der Waals surface area contributed by atoms with Crippen molar-refractivity contribution >= 4 is 0 Å². The van der Waals surface area contributed by atoms with Crippen LogP contribution in [-0.4, -0.2) is 101 Å². The van der Waals surface area contributed by atoms with Crippen LogP contribution in [0.25, 0.3) is 0 Å². The van der Waals surface area contributed by atoms with Gasteiger partial charge in [0.1, 0.15) is 30.5 Å². The van der Waals surface area contributed by atoms with Gasteiger partial charge in [-0.1, -0.05) is 0 Å². The van der Waals surface area contributed by atoms with Crippen LogP contribution in [-0.2, 0) is 9.47 Å². The highest BCUT2D eigenvalue weighted by Gasteiger charge is 2.48. The summed E-state index contributed by atoms with van der Waals surface area (Å²) in [6, 6.07) is -1.99. The highest BCUT2D eigenvalue weighted by atomic mass is 16.7. The fourth-order valence-electron chi connectivity index (χ4n) is 3.73. The molecule has 0 spiro atoms. The maximum atomic E-state index is 10.6. The molecule has 160 valence electrons. The maximum Gasteiger partial charge on any atom is 0.176 e. The Bertz CT molecular complexity index is 479. The van der Waals surface area contributed by atoms with Gasteiger partial charge >= 0.3 is 0 Å². The number of hydrogen-bond donors (Lipinski definition) is 8. The molecule has 10 N–H and O–H groups in total. The summed E-state index contributed by atoms with van der Waals surface area (Å²) in [4.78, 5) is 0. The topological polar surface area (TPSA) is 175 Å². The van der Waals surface area contributed by atoms with E-state index in [0.29, 0.717) is 6.42 Å². The molecule has 0 amide bonds. The minimum absolute atomic E-state index is 0.256. The van der Waals surface area contributed by atoms with Gasteiger partial charge in [-0.25, -0.2) is 0 Å². The Morgan fingerprint density at radius 3 is 2.22 bits per heavy atom. The summed E-state index contributed by atoms with van der Waals surface area (Å²) >= 11 is 0. The third-order valence-corrected chi connectivity index (χ3v) is 5.11. The van der Waals surface area contributed by atoms with Gasteiger partial charge in [-0.3, -0.25) is 0 Å². The standard InChI is InChI=1S/C17H36N4O6/c1-17(2,3)21-8-5-7(18)15(14(25)11(8)22)27-16-10(19)13(24)12(23)9(26-16)6-20-4/h7-16,20-25H,5-6,18-19H2,1-4H3. The second kappa shape index (κ2) is 8.95. The molecular weight excluding hydrogens is 356 g/mol. The lowest BCUT2D eigenvalue weighted by Crippen LogP contribution is -2.68. The molecule has 0 radical (unpaired) electrons. The fourth-order valence-corrected chi connectivity index (χ4v) is 3.73. The molecular formula is C17H36N4O6. The second-order valence-electron chi connectivity index (χ2n) is 8.64. The SMILES string of the molecule is CNCC1OC(OC2C(N)CC(NC(C)(C)C)C(O)C2O)C(N)C(O)C1O. The number of aliphatic hydroxyl groups excluding tert-OH is 4. The van der Waals surface area contributed by atoms with Crippen LogP contribution in [0, 0.1) is 0 Å². The first-order valence-electron chi connectivity index (χ1n) is 9.43. The zero-order valence-electron chi connectivity index (χ0n) is 16.4. The van der Waals surface area contributed by atoms with Gasteiger partial charge < -0.3 is 52.0 Å². The largest absolute Gasteiger partial charge is 0.389 e. The Morgan fingerprint density at radius 1 is 1.04 bits per heavy atom. The zero-order chi connectivity index (χ0) is 20.5. The highest BCUT2D eigenvalue weighted by Crippen LogP contribution is 2.28. The van der Waals surface area contributed by atoms with E-state index >= 15 is 0 Å². The summed E-state index contributed by atoms with van der Waals surface area (Å²) in [5.74, 6) is 0. The van der Waals surface area contributed by atoms with Crippen molar-refractivity contribution in [3.8, 4) is 0 Å². The molecule has 27 heavy (non-hydrogen) atoms. The smallest absolute Gasteiger partial charge is 0.176 e. The molecule has 1 heterocycles. The van der Waals surface area contributed by atoms with Crippen molar-refractivity contribution in [1.82, 2.24) is 10.6 Å². The van der Waals surface area contributed by atoms with E-state index < -0.39 is 55.0 Å². The molecule has 1 saturated heterocycles. The number of ether oxygens (including phenoxy) is 2. The van der Waals surface area contributed by atoms with Crippen LogP contribution in [0.15, 0.2) is 0 Å². The van der Waals surface area contributed by atoms with E-state index in [4.69, 9.17) is 20.9 Å². The summed E-state index contributed by atoms with van der Waals surface area (Å²) in [6.45, 7) is 6.17. The molecule has 0 aromatic carbocycles. The molecule has 1 saturated carbocycles. The molecule has 0 bridgehead atoms. The first-order chi connectivity index (χ1) is 12.5. The first-order valence-corrected chi connectivity index (χ1v) is 9.43. The number of hydrogen-bond acceptors (Lipinski definition) is 10. The summed E-state index contributed by atoms with van der Waals surface area (Å²) in [7, 11) is 1.69. The van der Waals surface area contributed by atoms with Crippen LogP contribution in [0.1, 0.15) is 27.2 Å². The number of rotatable bonds is 5. The quantitative estimate of drug-likeness (QED) is 0.235. The average molecular weight is 392 g/mol. The van der Waals surface area contributed by atoms with Gasteiger partial charge in [-0.05, 0) is 34.2 Å². The van der Waals surface area contributed by atoms with Crippen molar-refractivity contribution in [3.05, 3.63) is 0 Å². The highest BCUT2D eigenvalue weighted by molar-refractivity contribution is 5.01. The van der Waals surface area contributed by atoms with Gasteiger partial charge in [0, 0.05) is 24.2 Å². The summed E-state index contributed by atoms with van der Waals surface area (Å²) in [5, 5.41) is 47.4. The van der Waals surface area contributed by atoms with Crippen LogP contribution in [0.2, 0.25) is 0 Å². The molecule has 10 atom stereocenters. The van der Waals surface area contributed by atoms with Gasteiger partial charge in [-0.2, -0.15) is 0 Å². The number of aliphatic hydroxyl groups is 4. The Hall–Kier alpha value is -0.400. The monoisotopic (exact) mass is 392 g/mol. The van der Waals surface area contributed by atoms with Gasteiger partial charge in [0.05, 0.1) is 12.1 Å². The average Bonchev–Trinajstić information content (AvgIpc) is 2.57. The predicted octanol–water partition coefficient (Wildman–Crippen LogP) is -3.43. The third-order valence-electron chi connectivity index (χ3n) is 5.11. The van der Waals surface area contributed by atoms with Gasteiger partial charge in [-0.15, -0.1) is 0 Å². The van der Waals surface area contributed by atoms with E-state index in [1.165, 1.54) is 0 Å². The lowest BCUT2D eigenvalue weighted by Gasteiger charge is -2.47. The second-order valence-corrected chi connectivity index (χ2v) is 8.64. The number of nitrogens with two attached hydrogens (primary N) is 2. The van der Waals surface area contributed by atoms with Crippen LogP contribution in [0.4, 0.5) is 0 Å². The zero-order valence-corrected chi connectivity index (χ0v) is 16.4. The molecule has 1 aliphatic carbocycles. The normalized spacial score (nSPS) is 46.4. The number of likely N-dealkylation sites (N-methyl/N-ethyl adjacent to an activating group) is 1. The molecule has 10 unspecified atom stereocenters. The maximum absolute atomic E-state index is 10.6. The van der Waals surface area contributed by atoms with Crippen LogP contribution in [0.3, 0.4) is 0 Å². The number of nitrogens with one attached hydrogen (secondary N) is 2.